The third kappa shape index (κ3) is 7.32. The van der Waals surface area contributed by atoms with Crippen LogP contribution >= 0.6 is 11.6 Å². The predicted octanol–water partition coefficient (Wildman–Crippen LogP) is 5.69. The van der Waals surface area contributed by atoms with Crippen LogP contribution in [0, 0.1) is 6.92 Å². The van der Waals surface area contributed by atoms with Crippen LogP contribution in [0.5, 0.6) is 11.5 Å². The Labute approximate surface area is 234 Å². The molecule has 1 aliphatic heterocycles. The molecule has 4 aromatic rings. The molecule has 0 fully saturated rings. The number of carbonyl (C=O) groups is 1. The Kier molecular flexibility index (Phi) is 11.2. The lowest BCUT2D eigenvalue weighted by Gasteiger charge is -2.33. The molecule has 1 atom stereocenters. The van der Waals surface area contributed by atoms with E-state index in [9.17, 15) is 4.79 Å². The van der Waals surface area contributed by atoms with E-state index < -0.39 is 6.10 Å². The van der Waals surface area contributed by atoms with Crippen LogP contribution in [0.1, 0.15) is 42.3 Å². The molecule has 2 heterocycles. The van der Waals surface area contributed by atoms with Crippen molar-refractivity contribution in [3.63, 3.8) is 0 Å². The summed E-state index contributed by atoms with van der Waals surface area (Å²) in [5, 5.41) is 20.1. The van der Waals surface area contributed by atoms with Gasteiger partial charge in [-0.1, -0.05) is 55.3 Å². The van der Waals surface area contributed by atoms with Gasteiger partial charge in [-0.05, 0) is 66.9 Å². The van der Waals surface area contributed by atoms with Gasteiger partial charge in [-0.25, -0.2) is 0 Å². The highest BCUT2D eigenvalue weighted by atomic mass is 35.5. The number of fused-ring (bicyclic) bond motifs is 3. The van der Waals surface area contributed by atoms with Crippen LogP contribution in [0.4, 0.5) is 0 Å². The number of rotatable bonds is 7. The molecular formula is C31H37ClN2O5. The number of aromatic nitrogens is 1. The minimum Gasteiger partial charge on any atom is -0.497 e. The standard InChI is InChI=1S/C21H21ClN2O4.C8H10O.C2H6/c22-14-3-6-19-18(9-14)17-7-8-24(12-27)21(20(17)23-19)13-1-4-15(5-2-13)28-16(10-25)11-26;1-7-3-5-8(9-2)6-4-7;1-2/h1-6,9,12,16,21,23,25-26H,7-8,10-11H2;3-6H,1-2H3;1-2H3. The molecule has 0 spiro atoms. The van der Waals surface area contributed by atoms with Crippen LogP contribution in [0.25, 0.3) is 10.9 Å². The molecule has 1 amide bonds. The molecule has 0 aliphatic carbocycles. The van der Waals surface area contributed by atoms with Gasteiger partial charge in [-0.3, -0.25) is 4.79 Å². The fourth-order valence-corrected chi connectivity index (χ4v) is 4.65. The van der Waals surface area contributed by atoms with Crippen LogP contribution in [0.2, 0.25) is 5.02 Å². The maximum absolute atomic E-state index is 11.7. The number of aliphatic hydroxyl groups excluding tert-OH is 2. The molecule has 1 aliphatic rings. The van der Waals surface area contributed by atoms with E-state index in [1.165, 1.54) is 11.1 Å². The first-order chi connectivity index (χ1) is 19.0. The average Bonchev–Trinajstić information content (AvgIpc) is 3.35. The second kappa shape index (κ2) is 14.6. The molecule has 0 bridgehead atoms. The van der Waals surface area contributed by atoms with E-state index in [4.69, 9.17) is 31.3 Å². The summed E-state index contributed by atoms with van der Waals surface area (Å²) >= 11 is 6.18. The summed E-state index contributed by atoms with van der Waals surface area (Å²) in [5.41, 5.74) is 5.38. The lowest BCUT2D eigenvalue weighted by atomic mass is 9.93. The number of halogens is 1. The Balaban J connectivity index is 0.000000322. The lowest BCUT2D eigenvalue weighted by molar-refractivity contribution is -0.120. The molecule has 8 heteroatoms. The number of aromatic amines is 1. The SMILES string of the molecule is CC.COc1ccc(C)cc1.O=CN1CCc2c([nH]c3ccc(Cl)cc23)C1c1ccc(OC(CO)CO)cc1. The Morgan fingerprint density at radius 1 is 1.03 bits per heavy atom. The van der Waals surface area contributed by atoms with Crippen LogP contribution in [0.15, 0.2) is 66.7 Å². The maximum Gasteiger partial charge on any atom is 0.210 e. The number of hydrogen-bond donors (Lipinski definition) is 3. The zero-order chi connectivity index (χ0) is 28.4. The van der Waals surface area contributed by atoms with Crippen LogP contribution in [-0.2, 0) is 11.2 Å². The molecule has 7 nitrogen and oxygen atoms in total. The van der Waals surface area contributed by atoms with Crippen molar-refractivity contribution in [1.82, 2.24) is 9.88 Å². The molecule has 0 saturated heterocycles. The minimum atomic E-state index is -0.655. The van der Waals surface area contributed by atoms with Crippen molar-refractivity contribution >= 4 is 28.9 Å². The number of nitrogens with zero attached hydrogens (tertiary/aromatic N) is 1. The Morgan fingerprint density at radius 2 is 1.67 bits per heavy atom. The van der Waals surface area contributed by atoms with Crippen molar-refractivity contribution in [2.75, 3.05) is 26.9 Å². The largest absolute Gasteiger partial charge is 0.497 e. The van der Waals surface area contributed by atoms with Gasteiger partial charge in [0.05, 0.1) is 26.4 Å². The van der Waals surface area contributed by atoms with E-state index >= 15 is 0 Å². The highest BCUT2D eigenvalue weighted by molar-refractivity contribution is 6.31. The summed E-state index contributed by atoms with van der Waals surface area (Å²) in [4.78, 5) is 17.0. The maximum atomic E-state index is 11.7. The van der Waals surface area contributed by atoms with Gasteiger partial charge in [0.15, 0.2) is 0 Å². The van der Waals surface area contributed by atoms with Gasteiger partial charge in [0.1, 0.15) is 17.6 Å². The normalized spacial score (nSPS) is 14.1. The minimum absolute atomic E-state index is 0.229. The quantitative estimate of drug-likeness (QED) is 0.256. The van der Waals surface area contributed by atoms with Gasteiger partial charge in [0.2, 0.25) is 6.41 Å². The van der Waals surface area contributed by atoms with Gasteiger partial charge >= 0.3 is 0 Å². The predicted molar refractivity (Wildman–Crippen MR) is 156 cm³/mol. The van der Waals surface area contributed by atoms with Crippen molar-refractivity contribution < 1.29 is 24.5 Å². The van der Waals surface area contributed by atoms with Gasteiger partial charge in [0, 0.05) is 28.2 Å². The monoisotopic (exact) mass is 552 g/mol. The average molecular weight is 553 g/mol. The smallest absolute Gasteiger partial charge is 0.210 e. The summed E-state index contributed by atoms with van der Waals surface area (Å²) in [6.45, 7) is 6.15. The first-order valence-electron chi connectivity index (χ1n) is 13.1. The van der Waals surface area contributed by atoms with Gasteiger partial charge < -0.3 is 29.6 Å². The topological polar surface area (TPSA) is 95.0 Å². The van der Waals surface area contributed by atoms with Crippen LogP contribution in [0.3, 0.4) is 0 Å². The number of benzene rings is 3. The summed E-state index contributed by atoms with van der Waals surface area (Å²) in [7, 11) is 1.67. The van der Waals surface area contributed by atoms with E-state index in [1.807, 2.05) is 68.4 Å². The van der Waals surface area contributed by atoms with Crippen molar-refractivity contribution in [3.8, 4) is 11.5 Å². The molecule has 1 aromatic heterocycles. The number of carbonyl (C=O) groups excluding carboxylic acids is 1. The highest BCUT2D eigenvalue weighted by Crippen LogP contribution is 2.38. The Morgan fingerprint density at radius 3 is 2.26 bits per heavy atom. The van der Waals surface area contributed by atoms with Crippen molar-refractivity contribution in [1.29, 1.82) is 0 Å². The van der Waals surface area contributed by atoms with Gasteiger partial charge in [0.25, 0.3) is 0 Å². The number of aliphatic hydroxyl groups is 2. The molecule has 3 aromatic carbocycles. The molecule has 39 heavy (non-hydrogen) atoms. The fourth-order valence-electron chi connectivity index (χ4n) is 4.48. The Hall–Kier alpha value is -3.52. The summed E-state index contributed by atoms with van der Waals surface area (Å²) in [6, 6.07) is 20.9. The van der Waals surface area contributed by atoms with Crippen LogP contribution in [-0.4, -0.2) is 59.5 Å². The van der Waals surface area contributed by atoms with Crippen molar-refractivity contribution in [2.24, 2.45) is 0 Å². The number of methoxy groups -OCH3 is 1. The molecule has 1 unspecified atom stereocenters. The zero-order valence-electron chi connectivity index (χ0n) is 22.9. The Bertz CT molecular complexity index is 1320. The first kappa shape index (κ1) is 30.0. The third-order valence-corrected chi connectivity index (χ3v) is 6.66. The van der Waals surface area contributed by atoms with E-state index in [0.29, 0.717) is 17.3 Å². The zero-order valence-corrected chi connectivity index (χ0v) is 23.6. The van der Waals surface area contributed by atoms with E-state index in [1.54, 1.807) is 24.1 Å². The molecule has 0 radical (unpaired) electrons. The first-order valence-corrected chi connectivity index (χ1v) is 13.4. The number of aryl methyl sites for hydroxylation is 1. The molecule has 3 N–H and O–H groups in total. The number of nitrogens with one attached hydrogen (secondary N) is 1. The number of H-pyrrole nitrogens is 1. The van der Waals surface area contributed by atoms with Crippen LogP contribution < -0.4 is 9.47 Å². The van der Waals surface area contributed by atoms with Gasteiger partial charge in [-0.2, -0.15) is 0 Å². The molecule has 208 valence electrons. The summed E-state index contributed by atoms with van der Waals surface area (Å²) < 4.78 is 10.5. The third-order valence-electron chi connectivity index (χ3n) is 6.42. The number of ether oxygens (including phenoxy) is 2. The van der Waals surface area contributed by atoms with E-state index in [-0.39, 0.29) is 19.3 Å². The van der Waals surface area contributed by atoms with E-state index in [0.717, 1.165) is 40.7 Å². The van der Waals surface area contributed by atoms with Crippen molar-refractivity contribution in [2.45, 2.75) is 39.3 Å². The van der Waals surface area contributed by atoms with Gasteiger partial charge in [-0.15, -0.1) is 0 Å². The molecule has 5 rings (SSSR count). The summed E-state index contributed by atoms with van der Waals surface area (Å²) in [6.07, 6.45) is 0.988. The molecular weight excluding hydrogens is 516 g/mol. The number of amides is 1. The highest BCUT2D eigenvalue weighted by Gasteiger charge is 2.31. The van der Waals surface area contributed by atoms with Crippen molar-refractivity contribution in [3.05, 3.63) is 94.1 Å². The van der Waals surface area contributed by atoms with E-state index in [2.05, 4.69) is 11.9 Å². The summed E-state index contributed by atoms with van der Waals surface area (Å²) in [5.74, 6) is 1.47. The fraction of sp³-hybridized carbons (Fsp3) is 0.323. The second-order valence-electron chi connectivity index (χ2n) is 8.89. The lowest BCUT2D eigenvalue weighted by Crippen LogP contribution is -2.35. The second-order valence-corrected chi connectivity index (χ2v) is 9.33. The number of hydrogen-bond acceptors (Lipinski definition) is 5. The molecule has 0 saturated carbocycles.